The number of carbonyl (C=O) groups is 2. The lowest BCUT2D eigenvalue weighted by Crippen LogP contribution is -2.56. The van der Waals surface area contributed by atoms with Gasteiger partial charge < -0.3 is 14.8 Å². The normalized spacial score (nSPS) is 26.9. The van der Waals surface area contributed by atoms with Crippen LogP contribution in [-0.4, -0.2) is 74.1 Å². The van der Waals surface area contributed by atoms with E-state index in [1.165, 1.54) is 0 Å². The number of likely N-dealkylation sites (tertiary alicyclic amines) is 1. The number of halogens is 2. The standard InChI is InChI=1S/C23H40F2N2O4.H2/c1-16(2)21(28)18-5-7-19(8-6-18)27-11-9-20(23(24,25)15-27)22(29)26-10-12-30-13-14-31-17(3)4;/h16-20H,5-15H2,1-4H3,(H,26,29);1H. The predicted molar refractivity (Wildman–Crippen MR) is 117 cm³/mol. The van der Waals surface area contributed by atoms with Crippen molar-refractivity contribution in [2.24, 2.45) is 17.8 Å². The summed E-state index contributed by atoms with van der Waals surface area (Å²) < 4.78 is 40.3. The molecule has 1 N–H and O–H groups in total. The van der Waals surface area contributed by atoms with E-state index in [1.54, 1.807) is 0 Å². The molecule has 1 atom stereocenters. The van der Waals surface area contributed by atoms with Crippen molar-refractivity contribution in [2.45, 2.75) is 77.9 Å². The number of amides is 1. The first-order chi connectivity index (χ1) is 14.6. The Morgan fingerprint density at radius 2 is 1.74 bits per heavy atom. The zero-order valence-electron chi connectivity index (χ0n) is 19.5. The molecule has 6 nitrogen and oxygen atoms in total. The molecule has 2 fully saturated rings. The molecule has 182 valence electrons. The van der Waals surface area contributed by atoms with Crippen LogP contribution >= 0.6 is 0 Å². The Morgan fingerprint density at radius 1 is 1.06 bits per heavy atom. The van der Waals surface area contributed by atoms with E-state index < -0.39 is 17.7 Å². The van der Waals surface area contributed by atoms with E-state index >= 15 is 0 Å². The number of rotatable bonds is 11. The topological polar surface area (TPSA) is 67.9 Å². The molecule has 0 aromatic rings. The quantitative estimate of drug-likeness (QED) is 0.490. The van der Waals surface area contributed by atoms with E-state index in [0.717, 1.165) is 25.7 Å². The van der Waals surface area contributed by atoms with E-state index in [1.807, 2.05) is 32.6 Å². The van der Waals surface area contributed by atoms with Crippen molar-refractivity contribution in [1.29, 1.82) is 0 Å². The molecule has 2 aliphatic rings. The average molecular weight is 449 g/mol. The van der Waals surface area contributed by atoms with Gasteiger partial charge in [-0.2, -0.15) is 0 Å². The molecule has 1 unspecified atom stereocenters. The number of Topliss-reactive ketones (excluding diaryl/α,β-unsaturated/α-hetero) is 1. The zero-order valence-corrected chi connectivity index (χ0v) is 19.5. The summed E-state index contributed by atoms with van der Waals surface area (Å²) in [6, 6.07) is 0.0764. The number of ketones is 1. The Balaban J connectivity index is 0.00000512. The summed E-state index contributed by atoms with van der Waals surface area (Å²) in [4.78, 5) is 26.4. The number of piperidine rings is 1. The van der Waals surface area contributed by atoms with Crippen molar-refractivity contribution in [3.8, 4) is 0 Å². The highest BCUT2D eigenvalue weighted by Gasteiger charge is 2.49. The summed E-state index contributed by atoms with van der Waals surface area (Å²) in [5.74, 6) is -4.57. The maximum Gasteiger partial charge on any atom is 0.272 e. The van der Waals surface area contributed by atoms with Crippen molar-refractivity contribution in [3.63, 3.8) is 0 Å². The molecule has 0 bridgehead atoms. The molecular formula is C23H42F2N2O4. The van der Waals surface area contributed by atoms with Crippen molar-refractivity contribution >= 4 is 11.7 Å². The minimum atomic E-state index is -3.06. The second-order valence-corrected chi connectivity index (χ2v) is 9.46. The third kappa shape index (κ3) is 8.06. The van der Waals surface area contributed by atoms with Gasteiger partial charge in [0.25, 0.3) is 5.92 Å². The highest BCUT2D eigenvalue weighted by atomic mass is 19.3. The van der Waals surface area contributed by atoms with Crippen LogP contribution in [0.2, 0.25) is 0 Å². The molecule has 0 spiro atoms. The number of ether oxygens (including phenoxy) is 2. The molecule has 1 aliphatic heterocycles. The maximum atomic E-state index is 14.8. The monoisotopic (exact) mass is 448 g/mol. The smallest absolute Gasteiger partial charge is 0.272 e. The Morgan fingerprint density at radius 3 is 2.32 bits per heavy atom. The second kappa shape index (κ2) is 12.2. The summed E-state index contributed by atoms with van der Waals surface area (Å²) in [6.07, 6.45) is 3.37. The van der Waals surface area contributed by atoms with Crippen molar-refractivity contribution < 1.29 is 29.3 Å². The molecule has 0 aromatic heterocycles. The van der Waals surface area contributed by atoms with Crippen LogP contribution in [0.25, 0.3) is 0 Å². The lowest BCUT2D eigenvalue weighted by Gasteiger charge is -2.43. The van der Waals surface area contributed by atoms with Crippen LogP contribution in [0.15, 0.2) is 0 Å². The lowest BCUT2D eigenvalue weighted by molar-refractivity contribution is -0.155. The number of nitrogens with one attached hydrogen (secondary N) is 1. The summed E-state index contributed by atoms with van der Waals surface area (Å²) in [7, 11) is 0. The van der Waals surface area contributed by atoms with Gasteiger partial charge in [0.15, 0.2) is 0 Å². The van der Waals surface area contributed by atoms with Gasteiger partial charge in [0.1, 0.15) is 11.7 Å². The molecule has 1 heterocycles. The van der Waals surface area contributed by atoms with Gasteiger partial charge in [-0.3, -0.25) is 14.5 Å². The fourth-order valence-electron chi connectivity index (χ4n) is 4.61. The molecular weight excluding hydrogens is 406 g/mol. The number of carbonyl (C=O) groups excluding carboxylic acids is 2. The van der Waals surface area contributed by atoms with Crippen LogP contribution in [0, 0.1) is 17.8 Å². The van der Waals surface area contributed by atoms with Crippen LogP contribution in [0.4, 0.5) is 8.78 Å². The van der Waals surface area contributed by atoms with Crippen LogP contribution in [0.1, 0.15) is 61.2 Å². The van der Waals surface area contributed by atoms with Crippen molar-refractivity contribution in [2.75, 3.05) is 39.5 Å². The third-order valence-electron chi connectivity index (χ3n) is 6.35. The van der Waals surface area contributed by atoms with E-state index in [0.29, 0.717) is 19.8 Å². The van der Waals surface area contributed by atoms with Crippen LogP contribution in [0.5, 0.6) is 0 Å². The number of hydrogen-bond donors (Lipinski definition) is 1. The highest BCUT2D eigenvalue weighted by molar-refractivity contribution is 5.82. The van der Waals surface area contributed by atoms with Crippen molar-refractivity contribution in [3.05, 3.63) is 0 Å². The Hall–Kier alpha value is -1.12. The fourth-order valence-corrected chi connectivity index (χ4v) is 4.61. The van der Waals surface area contributed by atoms with Gasteiger partial charge in [0, 0.05) is 25.8 Å². The highest BCUT2D eigenvalue weighted by Crippen LogP contribution is 2.37. The summed E-state index contributed by atoms with van der Waals surface area (Å²) >= 11 is 0. The molecule has 1 amide bonds. The van der Waals surface area contributed by atoms with E-state index in [2.05, 4.69) is 5.32 Å². The third-order valence-corrected chi connectivity index (χ3v) is 6.35. The zero-order chi connectivity index (χ0) is 23.0. The molecule has 8 heteroatoms. The Bertz CT molecular complexity index is 584. The fraction of sp³-hybridized carbons (Fsp3) is 0.913. The summed E-state index contributed by atoms with van der Waals surface area (Å²) in [5.41, 5.74) is 0. The molecule has 1 aliphatic carbocycles. The summed E-state index contributed by atoms with van der Waals surface area (Å²) in [6.45, 7) is 9.17. The van der Waals surface area contributed by atoms with Gasteiger partial charge >= 0.3 is 0 Å². The van der Waals surface area contributed by atoms with E-state index in [4.69, 9.17) is 9.47 Å². The van der Waals surface area contributed by atoms with Gasteiger partial charge in [0.2, 0.25) is 5.91 Å². The van der Waals surface area contributed by atoms with Gasteiger partial charge in [0.05, 0.1) is 32.5 Å². The Kier molecular flexibility index (Phi) is 10.3. The first kappa shape index (κ1) is 26.1. The molecule has 2 rings (SSSR count). The van der Waals surface area contributed by atoms with E-state index in [9.17, 15) is 18.4 Å². The van der Waals surface area contributed by atoms with Crippen LogP contribution < -0.4 is 5.32 Å². The molecule has 0 aromatic carbocycles. The second-order valence-electron chi connectivity index (χ2n) is 9.46. The SMILES string of the molecule is CC(C)OCCOCCNC(=O)C1CCN(C2CCC(C(=O)C(C)C)CC2)CC1(F)F.[HH]. The van der Waals surface area contributed by atoms with E-state index in [-0.39, 0.29) is 57.3 Å². The molecule has 1 saturated carbocycles. The number of alkyl halides is 2. The summed E-state index contributed by atoms with van der Waals surface area (Å²) in [5, 5.41) is 2.59. The molecule has 0 radical (unpaired) electrons. The van der Waals surface area contributed by atoms with Gasteiger partial charge in [-0.25, -0.2) is 8.78 Å². The van der Waals surface area contributed by atoms with Crippen LogP contribution in [0.3, 0.4) is 0 Å². The molecule has 1 saturated heterocycles. The van der Waals surface area contributed by atoms with Gasteiger partial charge in [-0.05, 0) is 52.5 Å². The Labute approximate surface area is 186 Å². The number of nitrogens with zero attached hydrogens (tertiary/aromatic N) is 1. The molecule has 31 heavy (non-hydrogen) atoms. The average Bonchev–Trinajstić information content (AvgIpc) is 2.71. The number of hydrogen-bond acceptors (Lipinski definition) is 5. The van der Waals surface area contributed by atoms with Crippen molar-refractivity contribution in [1.82, 2.24) is 10.2 Å². The predicted octanol–water partition coefficient (Wildman–Crippen LogP) is 3.53. The largest absolute Gasteiger partial charge is 0.377 e. The minimum Gasteiger partial charge on any atom is -0.377 e. The maximum absolute atomic E-state index is 14.8. The lowest BCUT2D eigenvalue weighted by atomic mass is 9.79. The van der Waals surface area contributed by atoms with Crippen LogP contribution in [-0.2, 0) is 19.1 Å². The van der Waals surface area contributed by atoms with Gasteiger partial charge in [-0.1, -0.05) is 13.8 Å². The van der Waals surface area contributed by atoms with Gasteiger partial charge in [-0.15, -0.1) is 0 Å². The first-order valence-corrected chi connectivity index (χ1v) is 11.7. The first-order valence-electron chi connectivity index (χ1n) is 11.7. The minimum absolute atomic E-state index is 0.